The predicted molar refractivity (Wildman–Crippen MR) is 122 cm³/mol. The molecule has 0 saturated heterocycles. The van der Waals surface area contributed by atoms with Crippen LogP contribution in [-0.4, -0.2) is 40.9 Å². The Hall–Kier alpha value is -3.31. The summed E-state index contributed by atoms with van der Waals surface area (Å²) in [4.78, 5) is 33.5. The fourth-order valence-corrected chi connectivity index (χ4v) is 2.79. The number of aliphatic carboxylic acids is 1. The lowest BCUT2D eigenvalue weighted by Crippen LogP contribution is -2.32. The van der Waals surface area contributed by atoms with E-state index in [9.17, 15) is 19.5 Å². The molecule has 31 heavy (non-hydrogen) atoms. The molecule has 0 aliphatic carbocycles. The Morgan fingerprint density at radius 1 is 1.26 bits per heavy atom. The second kappa shape index (κ2) is 13.1. The number of nitrogens with one attached hydrogen (secondary N) is 3. The summed E-state index contributed by atoms with van der Waals surface area (Å²) in [6.45, 7) is 1.31. The number of anilines is 2. The number of rotatable bonds is 7. The lowest BCUT2D eigenvalue weighted by Gasteiger charge is -2.10. The van der Waals surface area contributed by atoms with Gasteiger partial charge in [0.15, 0.2) is 5.75 Å². The first-order valence-electron chi connectivity index (χ1n) is 8.74. The number of nitrogens with zero attached hydrogens (tertiary/aromatic N) is 1. The van der Waals surface area contributed by atoms with Gasteiger partial charge in [0.1, 0.15) is 6.34 Å². The quantitative estimate of drug-likeness (QED) is 0.109. The van der Waals surface area contributed by atoms with Crippen molar-refractivity contribution in [2.75, 3.05) is 17.2 Å². The molecule has 0 saturated carbocycles. The van der Waals surface area contributed by atoms with Crippen LogP contribution in [0.4, 0.5) is 11.4 Å². The molecule has 0 fully saturated rings. The molecule has 12 heteroatoms. The zero-order chi connectivity index (χ0) is 23.4. The Morgan fingerprint density at radius 2 is 1.94 bits per heavy atom. The van der Waals surface area contributed by atoms with Gasteiger partial charge in [-0.05, 0) is 30.3 Å². The largest absolute Gasteiger partial charge is 0.504 e. The zero-order valence-electron chi connectivity index (χ0n) is 16.4. The number of benzene rings is 2. The number of nitrogens with two attached hydrogens (primary N) is 1. The van der Waals surface area contributed by atoms with E-state index in [1.807, 2.05) is 0 Å². The highest BCUT2D eigenvalue weighted by molar-refractivity contribution is 9.10. The average Bonchev–Trinajstić information content (AvgIpc) is 2.74. The number of phenolic OH excluding ortho intramolecular Hbond substituents is 1. The highest BCUT2D eigenvalue weighted by atomic mass is 79.9. The fourth-order valence-electron chi connectivity index (χ4n) is 1.98. The Balaban J connectivity index is 0.000000861. The van der Waals surface area contributed by atoms with Crippen LogP contribution in [0.15, 0.2) is 46.0 Å². The summed E-state index contributed by atoms with van der Waals surface area (Å²) in [6, 6.07) is 9.56. The number of aromatic hydroxyl groups is 1. The number of hydrazone groups is 1. The first kappa shape index (κ1) is 25.7. The number of phenols is 1. The number of carboxylic acids is 1. The number of halogens is 2. The lowest BCUT2D eigenvalue weighted by molar-refractivity contribution is -0.136. The van der Waals surface area contributed by atoms with Gasteiger partial charge in [-0.3, -0.25) is 14.4 Å². The smallest absolute Gasteiger partial charge is 0.303 e. The van der Waals surface area contributed by atoms with Crippen LogP contribution in [0.2, 0.25) is 5.02 Å². The third-order valence-corrected chi connectivity index (χ3v) is 4.19. The maximum atomic E-state index is 12.1. The second-order valence-corrected chi connectivity index (χ2v) is 7.09. The number of carbonyl (C=O) groups excluding carboxylic acids is 2. The first-order chi connectivity index (χ1) is 14.7. The van der Waals surface area contributed by atoms with Crippen molar-refractivity contribution in [2.24, 2.45) is 10.9 Å². The molecule has 2 aromatic carbocycles. The highest BCUT2D eigenvalue weighted by Gasteiger charge is 2.13. The van der Waals surface area contributed by atoms with Gasteiger partial charge in [-0.2, -0.15) is 5.10 Å². The molecule has 0 unspecified atom stereocenters. The second-order valence-electron chi connectivity index (χ2n) is 5.77. The van der Waals surface area contributed by atoms with Gasteiger partial charge < -0.3 is 32.0 Å². The minimum absolute atomic E-state index is 0.0871. The first-order valence-corrected chi connectivity index (χ1v) is 9.91. The third-order valence-electron chi connectivity index (χ3n) is 3.44. The van der Waals surface area contributed by atoms with Gasteiger partial charge >= 0.3 is 5.97 Å². The summed E-state index contributed by atoms with van der Waals surface area (Å²) in [7, 11) is 0. The molecule has 166 valence electrons. The summed E-state index contributed by atoms with van der Waals surface area (Å²) in [5.74, 6) is 3.04. The van der Waals surface area contributed by atoms with Crippen molar-refractivity contribution in [3.8, 4) is 5.75 Å². The average molecular weight is 515 g/mol. The molecule has 0 aliphatic rings. The molecule has 0 spiro atoms. The van der Waals surface area contributed by atoms with Gasteiger partial charge in [-0.15, -0.1) is 0 Å². The van der Waals surface area contributed by atoms with E-state index in [0.717, 1.165) is 0 Å². The maximum absolute atomic E-state index is 12.1. The third kappa shape index (κ3) is 9.36. The van der Waals surface area contributed by atoms with Gasteiger partial charge in [-0.25, -0.2) is 0 Å². The van der Waals surface area contributed by atoms with Gasteiger partial charge in [0, 0.05) is 22.1 Å². The van der Waals surface area contributed by atoms with E-state index < -0.39 is 17.8 Å². The Labute approximate surface area is 191 Å². The number of hydrogen-bond donors (Lipinski definition) is 6. The number of carboxylic acid groups (broad SMARTS) is 1. The Bertz CT molecular complexity index is 971. The normalized spacial score (nSPS) is 10.0. The molecule has 2 rings (SSSR count). The fraction of sp³-hybridized carbons (Fsp3) is 0.158. The van der Waals surface area contributed by atoms with Crippen LogP contribution in [0, 0.1) is 0 Å². The Kier molecular flexibility index (Phi) is 10.9. The van der Waals surface area contributed by atoms with Gasteiger partial charge in [0.2, 0.25) is 5.91 Å². The van der Waals surface area contributed by atoms with E-state index in [-0.39, 0.29) is 29.4 Å². The molecule has 0 aromatic heterocycles. The summed E-state index contributed by atoms with van der Waals surface area (Å²) in [6.07, 6.45) is 1.50. The topological polar surface area (TPSA) is 166 Å². The van der Waals surface area contributed by atoms with Crippen LogP contribution >= 0.6 is 27.5 Å². The molecular weight excluding hydrogens is 494 g/mol. The van der Waals surface area contributed by atoms with Crippen molar-refractivity contribution < 1.29 is 24.6 Å². The number of hydrogen-bond acceptors (Lipinski definition) is 6. The summed E-state index contributed by atoms with van der Waals surface area (Å²) >= 11 is 9.05. The number of carbonyl (C=O) groups is 3. The summed E-state index contributed by atoms with van der Waals surface area (Å²) in [5.41, 5.74) is 1.10. The van der Waals surface area contributed by atoms with E-state index in [2.05, 4.69) is 37.0 Å². The highest BCUT2D eigenvalue weighted by Crippen LogP contribution is 2.35. The molecule has 2 aromatic rings. The molecule has 0 aliphatic heterocycles. The zero-order valence-corrected chi connectivity index (χ0v) is 18.7. The lowest BCUT2D eigenvalue weighted by atomic mass is 10.2. The van der Waals surface area contributed by atoms with E-state index in [1.165, 1.54) is 18.5 Å². The molecule has 7 N–H and O–H groups in total. The predicted octanol–water partition coefficient (Wildman–Crippen LogP) is 2.97. The van der Waals surface area contributed by atoms with E-state index in [1.54, 1.807) is 31.2 Å². The Morgan fingerprint density at radius 3 is 2.55 bits per heavy atom. The van der Waals surface area contributed by atoms with Crippen LogP contribution < -0.4 is 21.8 Å². The van der Waals surface area contributed by atoms with Crippen molar-refractivity contribution in [3.63, 3.8) is 0 Å². The van der Waals surface area contributed by atoms with Crippen LogP contribution in [0.5, 0.6) is 5.75 Å². The van der Waals surface area contributed by atoms with Crippen LogP contribution in [0.1, 0.15) is 23.7 Å². The molecule has 0 radical (unpaired) electrons. The molecule has 2 amide bonds. The molecule has 10 nitrogen and oxygen atoms in total. The van der Waals surface area contributed by atoms with Crippen molar-refractivity contribution in [2.45, 2.75) is 13.3 Å². The van der Waals surface area contributed by atoms with E-state index >= 15 is 0 Å². The van der Waals surface area contributed by atoms with Crippen molar-refractivity contribution in [3.05, 3.63) is 51.5 Å². The molecular formula is C19H21BrClN5O5. The molecule has 0 atom stereocenters. The molecule has 0 heterocycles. The van der Waals surface area contributed by atoms with Gasteiger partial charge in [0.05, 0.1) is 17.3 Å². The minimum Gasteiger partial charge on any atom is -0.504 e. The van der Waals surface area contributed by atoms with Crippen molar-refractivity contribution in [1.82, 2.24) is 5.32 Å². The van der Waals surface area contributed by atoms with Crippen LogP contribution in [0.25, 0.3) is 0 Å². The molecule has 0 bridgehead atoms. The monoisotopic (exact) mass is 513 g/mol. The van der Waals surface area contributed by atoms with Crippen LogP contribution in [-0.2, 0) is 9.59 Å². The number of amides is 2. The summed E-state index contributed by atoms with van der Waals surface area (Å²) in [5, 5.41) is 28.7. The standard InChI is InChI=1S/C16H15BrClN5O3.C3H6O2/c17-10-5-12(18)15(25)13(6-10)23-14(24)7-20-16(26)9-2-1-3-11(4-9)21-8-22-19;1-2-3(4)5/h1-6,8,25H,7,19H2,(H,20,26)(H,21,22)(H,23,24);2H2,1H3,(H,4,5). The summed E-state index contributed by atoms with van der Waals surface area (Å²) < 4.78 is 0.588. The van der Waals surface area contributed by atoms with Gasteiger partial charge in [-0.1, -0.05) is 40.5 Å². The minimum atomic E-state index is -0.745. The van der Waals surface area contributed by atoms with E-state index in [4.69, 9.17) is 22.6 Å². The maximum Gasteiger partial charge on any atom is 0.303 e. The van der Waals surface area contributed by atoms with Gasteiger partial charge in [0.25, 0.3) is 5.91 Å². The van der Waals surface area contributed by atoms with Crippen molar-refractivity contribution >= 4 is 63.0 Å². The van der Waals surface area contributed by atoms with E-state index in [0.29, 0.717) is 15.7 Å². The SMILES string of the molecule is CCC(=O)O.NN=CNc1cccc(C(=O)NCC(=O)Nc2cc(Br)cc(Cl)c2O)c1. The van der Waals surface area contributed by atoms with Crippen molar-refractivity contribution in [1.29, 1.82) is 0 Å². The van der Waals surface area contributed by atoms with Crippen LogP contribution in [0.3, 0.4) is 0 Å².